The average molecular weight is 352 g/mol. The molecule has 124 valence electrons. The summed E-state index contributed by atoms with van der Waals surface area (Å²) in [5, 5.41) is 1.10. The number of pyridine rings is 1. The van der Waals surface area contributed by atoms with E-state index >= 15 is 0 Å². The third kappa shape index (κ3) is 3.06. The van der Waals surface area contributed by atoms with E-state index < -0.39 is 0 Å². The van der Waals surface area contributed by atoms with Gasteiger partial charge in [-0.05, 0) is 50.1 Å². The van der Waals surface area contributed by atoms with E-state index in [2.05, 4.69) is 18.2 Å². The largest absolute Gasteiger partial charge is 0.398 e. The Bertz CT molecular complexity index is 742. The van der Waals surface area contributed by atoms with Crippen LogP contribution in [0.25, 0.3) is 10.9 Å². The zero-order valence-corrected chi connectivity index (χ0v) is 14.6. The molecule has 0 saturated heterocycles. The van der Waals surface area contributed by atoms with E-state index in [1.54, 1.807) is 0 Å². The number of fused-ring (bicyclic) bond motifs is 5. The number of nitrogens with two attached hydrogens (primary N) is 2. The first-order valence-corrected chi connectivity index (χ1v) is 7.83. The van der Waals surface area contributed by atoms with E-state index in [-0.39, 0.29) is 24.8 Å². The lowest BCUT2D eigenvalue weighted by Gasteiger charge is -2.36. The van der Waals surface area contributed by atoms with Crippen LogP contribution in [0, 0.1) is 5.92 Å². The Morgan fingerprint density at radius 3 is 2.70 bits per heavy atom. The quantitative estimate of drug-likeness (QED) is 0.804. The molecule has 0 saturated carbocycles. The van der Waals surface area contributed by atoms with Gasteiger partial charge in [-0.15, -0.1) is 24.8 Å². The summed E-state index contributed by atoms with van der Waals surface area (Å²) in [6.45, 7) is 0.740. The molecular weight excluding hydrogens is 329 g/mol. The Hall–Kier alpha value is -1.29. The van der Waals surface area contributed by atoms with Gasteiger partial charge in [0, 0.05) is 22.3 Å². The van der Waals surface area contributed by atoms with Crippen LogP contribution in [0.1, 0.15) is 36.4 Å². The van der Waals surface area contributed by atoms with Gasteiger partial charge in [0.1, 0.15) is 0 Å². The molecule has 4 rings (SSSR count). The van der Waals surface area contributed by atoms with Crippen molar-refractivity contribution >= 4 is 41.4 Å². The van der Waals surface area contributed by atoms with Crippen molar-refractivity contribution in [3.63, 3.8) is 0 Å². The smallest absolute Gasteiger partial charge is 0.0726 e. The van der Waals surface area contributed by atoms with Gasteiger partial charge in [0.05, 0.1) is 5.52 Å². The molecule has 2 aliphatic rings. The first-order chi connectivity index (χ1) is 10.3. The van der Waals surface area contributed by atoms with Crippen molar-refractivity contribution in [3.05, 3.63) is 47.2 Å². The molecule has 4 N–H and O–H groups in total. The third-order valence-corrected chi connectivity index (χ3v) is 4.95. The van der Waals surface area contributed by atoms with E-state index in [0.29, 0.717) is 11.8 Å². The van der Waals surface area contributed by atoms with Crippen LogP contribution in [-0.2, 0) is 6.42 Å². The second-order valence-electron chi connectivity index (χ2n) is 6.37. The molecule has 0 spiro atoms. The zero-order chi connectivity index (χ0) is 14.4. The van der Waals surface area contributed by atoms with Crippen molar-refractivity contribution in [1.82, 2.24) is 4.98 Å². The van der Waals surface area contributed by atoms with E-state index in [4.69, 9.17) is 16.5 Å². The number of para-hydroxylation sites is 1. The van der Waals surface area contributed by atoms with E-state index in [1.165, 1.54) is 23.3 Å². The van der Waals surface area contributed by atoms with Crippen LogP contribution >= 0.6 is 24.8 Å². The molecule has 1 aromatic heterocycles. The topological polar surface area (TPSA) is 64.9 Å². The molecule has 0 amide bonds. The van der Waals surface area contributed by atoms with Crippen LogP contribution < -0.4 is 11.5 Å². The van der Waals surface area contributed by atoms with Gasteiger partial charge in [0.2, 0.25) is 0 Å². The van der Waals surface area contributed by atoms with Gasteiger partial charge >= 0.3 is 0 Å². The van der Waals surface area contributed by atoms with Gasteiger partial charge in [-0.1, -0.05) is 29.8 Å². The van der Waals surface area contributed by atoms with Crippen molar-refractivity contribution in [2.75, 3.05) is 12.3 Å². The molecule has 1 heterocycles. The maximum Gasteiger partial charge on any atom is 0.0726 e. The van der Waals surface area contributed by atoms with Gasteiger partial charge in [-0.2, -0.15) is 0 Å². The number of aromatic nitrogens is 1. The standard InChI is InChI=1S/C18H21N3.2ClH/c19-6-5-11-7-12-9-13(8-11)17-16(10-12)21-15-4-2-1-3-14(15)18(17)20;;/h1-4,7,12-13H,5-6,8-10,19H2,(H2,20,21);2*1H. The number of rotatable bonds is 2. The number of hydrogen-bond donors (Lipinski definition) is 2. The lowest BCUT2D eigenvalue weighted by molar-refractivity contribution is 0.428. The Morgan fingerprint density at radius 2 is 1.91 bits per heavy atom. The van der Waals surface area contributed by atoms with Crippen molar-refractivity contribution in [2.45, 2.75) is 31.6 Å². The second kappa shape index (κ2) is 7.08. The van der Waals surface area contributed by atoms with Crippen LogP contribution in [0.3, 0.4) is 0 Å². The highest BCUT2D eigenvalue weighted by Gasteiger charge is 2.33. The Kier molecular flexibility index (Phi) is 5.56. The normalized spacial score (nSPS) is 21.7. The maximum atomic E-state index is 6.51. The molecule has 2 aliphatic carbocycles. The molecule has 0 aliphatic heterocycles. The zero-order valence-electron chi connectivity index (χ0n) is 13.0. The highest BCUT2D eigenvalue weighted by molar-refractivity contribution is 5.92. The SMILES string of the molecule is Cl.Cl.NCCC1=CC2Cc3nc4ccccc4c(N)c3C(C1)C2. The molecule has 0 fully saturated rings. The van der Waals surface area contributed by atoms with Crippen molar-refractivity contribution in [3.8, 4) is 0 Å². The monoisotopic (exact) mass is 351 g/mol. The lowest BCUT2D eigenvalue weighted by atomic mass is 9.70. The van der Waals surface area contributed by atoms with Crippen LogP contribution in [-0.4, -0.2) is 11.5 Å². The molecule has 2 aromatic rings. The number of nitrogens with zero attached hydrogens (tertiary/aromatic N) is 1. The Morgan fingerprint density at radius 1 is 1.13 bits per heavy atom. The summed E-state index contributed by atoms with van der Waals surface area (Å²) in [4.78, 5) is 4.90. The molecule has 2 bridgehead atoms. The van der Waals surface area contributed by atoms with Crippen LogP contribution in [0.4, 0.5) is 5.69 Å². The average Bonchev–Trinajstić information content (AvgIpc) is 2.47. The van der Waals surface area contributed by atoms with Crippen molar-refractivity contribution < 1.29 is 0 Å². The van der Waals surface area contributed by atoms with E-state index in [1.807, 2.05) is 12.1 Å². The second-order valence-corrected chi connectivity index (χ2v) is 6.37. The van der Waals surface area contributed by atoms with Crippen LogP contribution in [0.2, 0.25) is 0 Å². The minimum atomic E-state index is 0. The van der Waals surface area contributed by atoms with E-state index in [0.717, 1.165) is 42.4 Å². The fraction of sp³-hybridized carbons (Fsp3) is 0.389. The van der Waals surface area contributed by atoms with Crippen molar-refractivity contribution in [2.24, 2.45) is 11.7 Å². The highest BCUT2D eigenvalue weighted by atomic mass is 35.5. The molecule has 2 unspecified atom stereocenters. The highest BCUT2D eigenvalue weighted by Crippen LogP contribution is 2.46. The summed E-state index contributed by atoms with van der Waals surface area (Å²) in [5.41, 5.74) is 18.3. The molecular formula is C18H23Cl2N3. The predicted octanol–water partition coefficient (Wildman–Crippen LogP) is 3.99. The molecule has 5 heteroatoms. The number of benzene rings is 1. The third-order valence-electron chi connectivity index (χ3n) is 4.95. The summed E-state index contributed by atoms with van der Waals surface area (Å²) in [5.74, 6) is 1.15. The van der Waals surface area contributed by atoms with Gasteiger partial charge in [-0.25, -0.2) is 0 Å². The summed E-state index contributed by atoms with van der Waals surface area (Å²) < 4.78 is 0. The summed E-state index contributed by atoms with van der Waals surface area (Å²) >= 11 is 0. The van der Waals surface area contributed by atoms with Gasteiger partial charge in [0.25, 0.3) is 0 Å². The predicted molar refractivity (Wildman–Crippen MR) is 102 cm³/mol. The molecule has 2 atom stereocenters. The first-order valence-electron chi connectivity index (χ1n) is 7.83. The van der Waals surface area contributed by atoms with Crippen molar-refractivity contribution in [1.29, 1.82) is 0 Å². The van der Waals surface area contributed by atoms with Gasteiger partial charge in [-0.3, -0.25) is 4.98 Å². The first kappa shape index (κ1) is 18.1. The van der Waals surface area contributed by atoms with Crippen LogP contribution in [0.15, 0.2) is 35.9 Å². The summed E-state index contributed by atoms with van der Waals surface area (Å²) in [6.07, 6.45) is 6.80. The van der Waals surface area contributed by atoms with Gasteiger partial charge < -0.3 is 11.5 Å². The number of anilines is 1. The summed E-state index contributed by atoms with van der Waals surface area (Å²) in [7, 11) is 0. The van der Waals surface area contributed by atoms with E-state index in [9.17, 15) is 0 Å². The summed E-state index contributed by atoms with van der Waals surface area (Å²) in [6, 6.07) is 8.22. The lowest BCUT2D eigenvalue weighted by Crippen LogP contribution is -2.25. The molecule has 23 heavy (non-hydrogen) atoms. The minimum absolute atomic E-state index is 0. The molecule has 1 aromatic carbocycles. The maximum absolute atomic E-state index is 6.51. The molecule has 0 radical (unpaired) electrons. The number of hydrogen-bond acceptors (Lipinski definition) is 3. The number of nitrogen functional groups attached to an aromatic ring is 1. The fourth-order valence-electron chi connectivity index (χ4n) is 4.13. The van der Waals surface area contributed by atoms with Crippen LogP contribution in [0.5, 0.6) is 0 Å². The fourth-order valence-corrected chi connectivity index (χ4v) is 4.13. The Balaban J connectivity index is 0.000000960. The Labute approximate surface area is 149 Å². The van der Waals surface area contributed by atoms with Gasteiger partial charge in [0.15, 0.2) is 0 Å². The number of halogens is 2. The number of allylic oxidation sites excluding steroid dienone is 1. The molecule has 3 nitrogen and oxygen atoms in total. The minimum Gasteiger partial charge on any atom is -0.398 e.